The van der Waals surface area contributed by atoms with Gasteiger partial charge in [0.25, 0.3) is 0 Å². The van der Waals surface area contributed by atoms with Gasteiger partial charge in [0.2, 0.25) is 11.8 Å². The first-order chi connectivity index (χ1) is 9.61. The van der Waals surface area contributed by atoms with E-state index in [0.29, 0.717) is 19.6 Å². The van der Waals surface area contributed by atoms with E-state index < -0.39 is 17.4 Å². The smallest absolute Gasteiger partial charge is 0.328 e. The van der Waals surface area contributed by atoms with Gasteiger partial charge in [-0.2, -0.15) is 0 Å². The molecule has 122 valence electrons. The molecule has 6 heteroatoms. The zero-order chi connectivity index (χ0) is 16.6. The molecule has 0 spiro atoms. The Kier molecular flexibility index (Phi) is 7.99. The first-order valence-electron chi connectivity index (χ1n) is 7.31. The van der Waals surface area contributed by atoms with Gasteiger partial charge >= 0.3 is 5.97 Å². The highest BCUT2D eigenvalue weighted by atomic mass is 16.5. The highest BCUT2D eigenvalue weighted by Gasteiger charge is 2.23. The SMILES string of the molecule is CCOC(=O)[C@H](C)N(C)C(=O)CCCNC(=O)C(C)(C)C. The van der Waals surface area contributed by atoms with Crippen molar-refractivity contribution in [1.29, 1.82) is 0 Å². The van der Waals surface area contributed by atoms with Crippen LogP contribution in [0, 0.1) is 5.41 Å². The number of carbonyl (C=O) groups excluding carboxylic acids is 3. The van der Waals surface area contributed by atoms with Crippen molar-refractivity contribution in [1.82, 2.24) is 10.2 Å². The van der Waals surface area contributed by atoms with Gasteiger partial charge in [-0.15, -0.1) is 0 Å². The van der Waals surface area contributed by atoms with Crippen molar-refractivity contribution in [3.63, 3.8) is 0 Å². The molecule has 0 aromatic carbocycles. The van der Waals surface area contributed by atoms with Gasteiger partial charge in [0.15, 0.2) is 0 Å². The Balaban J connectivity index is 4.09. The van der Waals surface area contributed by atoms with E-state index in [1.54, 1.807) is 20.9 Å². The van der Waals surface area contributed by atoms with E-state index in [0.717, 1.165) is 0 Å². The highest BCUT2D eigenvalue weighted by Crippen LogP contribution is 2.12. The van der Waals surface area contributed by atoms with E-state index in [1.165, 1.54) is 4.90 Å². The summed E-state index contributed by atoms with van der Waals surface area (Å²) < 4.78 is 4.88. The zero-order valence-electron chi connectivity index (χ0n) is 14.0. The molecule has 1 N–H and O–H groups in total. The Morgan fingerprint density at radius 3 is 2.29 bits per heavy atom. The number of nitrogens with zero attached hydrogens (tertiary/aromatic N) is 1. The molecule has 0 aromatic heterocycles. The molecule has 0 aliphatic rings. The number of esters is 1. The van der Waals surface area contributed by atoms with Crippen LogP contribution in [0.3, 0.4) is 0 Å². The first-order valence-corrected chi connectivity index (χ1v) is 7.31. The van der Waals surface area contributed by atoms with Crippen LogP contribution in [0.25, 0.3) is 0 Å². The van der Waals surface area contributed by atoms with Crippen LogP contribution < -0.4 is 5.32 Å². The minimum atomic E-state index is -0.596. The van der Waals surface area contributed by atoms with E-state index in [4.69, 9.17) is 4.74 Å². The Bertz CT molecular complexity index is 374. The van der Waals surface area contributed by atoms with Gasteiger partial charge < -0.3 is 15.0 Å². The summed E-state index contributed by atoms with van der Waals surface area (Å²) in [5.74, 6) is -0.585. The van der Waals surface area contributed by atoms with Crippen LogP contribution in [-0.4, -0.2) is 48.9 Å². The van der Waals surface area contributed by atoms with Gasteiger partial charge in [0.1, 0.15) is 6.04 Å². The fraction of sp³-hybridized carbons (Fsp3) is 0.800. The maximum atomic E-state index is 11.9. The van der Waals surface area contributed by atoms with E-state index in [2.05, 4.69) is 5.32 Å². The quantitative estimate of drug-likeness (QED) is 0.568. The maximum Gasteiger partial charge on any atom is 0.328 e. The summed E-state index contributed by atoms with van der Waals surface area (Å²) in [6, 6.07) is -0.596. The molecule has 0 aliphatic carbocycles. The lowest BCUT2D eigenvalue weighted by Crippen LogP contribution is -2.41. The molecule has 0 fully saturated rings. The van der Waals surface area contributed by atoms with Crippen molar-refractivity contribution in [2.24, 2.45) is 5.41 Å². The monoisotopic (exact) mass is 300 g/mol. The van der Waals surface area contributed by atoms with E-state index in [-0.39, 0.29) is 18.2 Å². The Labute approximate surface area is 127 Å². The fourth-order valence-electron chi connectivity index (χ4n) is 1.52. The van der Waals surface area contributed by atoms with E-state index in [9.17, 15) is 14.4 Å². The Morgan fingerprint density at radius 2 is 1.81 bits per heavy atom. The van der Waals surface area contributed by atoms with Gasteiger partial charge in [-0.1, -0.05) is 20.8 Å². The third-order valence-electron chi connectivity index (χ3n) is 3.14. The summed E-state index contributed by atoms with van der Waals surface area (Å²) in [5, 5.41) is 2.79. The molecule has 6 nitrogen and oxygen atoms in total. The molecule has 0 saturated carbocycles. The molecule has 1 atom stereocenters. The number of likely N-dealkylation sites (N-methyl/N-ethyl adjacent to an activating group) is 1. The number of nitrogens with one attached hydrogen (secondary N) is 1. The van der Waals surface area contributed by atoms with E-state index in [1.807, 2.05) is 20.8 Å². The van der Waals surface area contributed by atoms with Crippen LogP contribution in [-0.2, 0) is 19.1 Å². The molecule has 0 unspecified atom stereocenters. The molecular formula is C15H28N2O4. The van der Waals surface area contributed by atoms with Gasteiger partial charge in [0.05, 0.1) is 6.61 Å². The van der Waals surface area contributed by atoms with Gasteiger partial charge in [0, 0.05) is 25.4 Å². The molecule has 0 heterocycles. The maximum absolute atomic E-state index is 11.9. The predicted octanol–water partition coefficient (Wildman–Crippen LogP) is 1.34. The molecule has 21 heavy (non-hydrogen) atoms. The predicted molar refractivity (Wildman–Crippen MR) is 80.6 cm³/mol. The number of hydrogen-bond donors (Lipinski definition) is 1. The second-order valence-electron chi connectivity index (χ2n) is 6.04. The molecule has 0 radical (unpaired) electrons. The van der Waals surface area contributed by atoms with Crippen molar-refractivity contribution >= 4 is 17.8 Å². The van der Waals surface area contributed by atoms with E-state index >= 15 is 0 Å². The number of carbonyl (C=O) groups is 3. The third-order valence-corrected chi connectivity index (χ3v) is 3.14. The summed E-state index contributed by atoms with van der Waals surface area (Å²) in [6.07, 6.45) is 0.825. The van der Waals surface area contributed by atoms with Crippen molar-refractivity contribution in [2.45, 2.75) is 53.5 Å². The minimum Gasteiger partial charge on any atom is -0.464 e. The molecule has 0 aliphatic heterocycles. The minimum absolute atomic E-state index is 0.0387. The molecular weight excluding hydrogens is 272 g/mol. The summed E-state index contributed by atoms with van der Waals surface area (Å²) in [6.45, 7) is 9.61. The summed E-state index contributed by atoms with van der Waals surface area (Å²) in [5.41, 5.74) is -0.431. The highest BCUT2D eigenvalue weighted by molar-refractivity contribution is 5.84. The van der Waals surface area contributed by atoms with Gasteiger partial charge in [-0.3, -0.25) is 9.59 Å². The fourth-order valence-corrected chi connectivity index (χ4v) is 1.52. The topological polar surface area (TPSA) is 75.7 Å². The normalized spacial score (nSPS) is 12.5. The Hall–Kier alpha value is -1.59. The van der Waals surface area contributed by atoms with Crippen LogP contribution in [0.5, 0.6) is 0 Å². The lowest BCUT2D eigenvalue weighted by Gasteiger charge is -2.23. The molecule has 2 amide bonds. The van der Waals surface area contributed by atoms with Crippen LogP contribution in [0.15, 0.2) is 0 Å². The molecule has 0 bridgehead atoms. The standard InChI is InChI=1S/C15H28N2O4/c1-7-21-13(19)11(2)17(6)12(18)9-8-10-16-14(20)15(3,4)5/h11H,7-10H2,1-6H3,(H,16,20)/t11-/m0/s1. The van der Waals surface area contributed by atoms with Gasteiger partial charge in [-0.05, 0) is 20.3 Å². The molecule has 0 saturated heterocycles. The number of amides is 2. The Morgan fingerprint density at radius 1 is 1.24 bits per heavy atom. The summed E-state index contributed by atoms with van der Waals surface area (Å²) in [4.78, 5) is 36.5. The summed E-state index contributed by atoms with van der Waals surface area (Å²) in [7, 11) is 1.58. The first kappa shape index (κ1) is 19.4. The lowest BCUT2D eigenvalue weighted by atomic mass is 9.96. The summed E-state index contributed by atoms with van der Waals surface area (Å²) >= 11 is 0. The van der Waals surface area contributed by atoms with Crippen molar-refractivity contribution in [3.8, 4) is 0 Å². The van der Waals surface area contributed by atoms with Crippen LogP contribution >= 0.6 is 0 Å². The van der Waals surface area contributed by atoms with Crippen molar-refractivity contribution in [3.05, 3.63) is 0 Å². The average molecular weight is 300 g/mol. The number of ether oxygens (including phenoxy) is 1. The second kappa shape index (κ2) is 8.64. The largest absolute Gasteiger partial charge is 0.464 e. The van der Waals surface area contributed by atoms with Gasteiger partial charge in [-0.25, -0.2) is 4.79 Å². The zero-order valence-corrected chi connectivity index (χ0v) is 14.0. The number of rotatable bonds is 7. The average Bonchev–Trinajstić information content (AvgIpc) is 2.40. The van der Waals surface area contributed by atoms with Crippen LogP contribution in [0.4, 0.5) is 0 Å². The van der Waals surface area contributed by atoms with Crippen LogP contribution in [0.2, 0.25) is 0 Å². The second-order valence-corrected chi connectivity index (χ2v) is 6.04. The molecule has 0 aromatic rings. The van der Waals surface area contributed by atoms with Crippen molar-refractivity contribution in [2.75, 3.05) is 20.2 Å². The third kappa shape index (κ3) is 7.11. The van der Waals surface area contributed by atoms with Crippen molar-refractivity contribution < 1.29 is 19.1 Å². The lowest BCUT2D eigenvalue weighted by molar-refractivity contribution is -0.153. The van der Waals surface area contributed by atoms with Crippen LogP contribution in [0.1, 0.15) is 47.5 Å². The number of hydrogen-bond acceptors (Lipinski definition) is 4. The molecule has 0 rings (SSSR count).